The van der Waals surface area contributed by atoms with E-state index >= 15 is 0 Å². The fraction of sp³-hybridized carbons (Fsp3) is 0.368. The van der Waals surface area contributed by atoms with Gasteiger partial charge < -0.3 is 8.85 Å². The molecule has 0 aromatic heterocycles. The average Bonchev–Trinajstić information content (AvgIpc) is 2.63. The highest BCUT2D eigenvalue weighted by atomic mass is 28.4. The molecular weight excluding hydrogens is 307 g/mol. The number of unbranched alkanes of at least 4 members (excludes halogenated alkanes) is 2. The molecule has 2 rings (SSSR count). The summed E-state index contributed by atoms with van der Waals surface area (Å²) in [5.74, 6) is 0. The van der Waals surface area contributed by atoms with E-state index in [1.165, 1.54) is 0 Å². The monoisotopic (exact) mass is 332 g/mol. The lowest BCUT2D eigenvalue weighted by molar-refractivity contribution is 0.175. The first-order valence-electron chi connectivity index (χ1n) is 8.28. The molecule has 0 aliphatic heterocycles. The third kappa shape index (κ3) is 4.74. The minimum Gasteiger partial charge on any atom is -0.388 e. The van der Waals surface area contributed by atoms with Crippen LogP contribution in [0.1, 0.15) is 26.2 Å². The molecule has 124 valence electrons. The fourth-order valence-corrected chi connectivity index (χ4v) is 5.75. The number of alkyl halides is 1. The van der Waals surface area contributed by atoms with Gasteiger partial charge in [0, 0.05) is 6.61 Å². The van der Waals surface area contributed by atoms with Gasteiger partial charge in [0.05, 0.1) is 6.61 Å². The molecule has 0 atom stereocenters. The minimum absolute atomic E-state index is 0.0593. The van der Waals surface area contributed by atoms with Gasteiger partial charge >= 0.3 is 8.56 Å². The average molecular weight is 332 g/mol. The van der Waals surface area contributed by atoms with Crippen LogP contribution >= 0.6 is 0 Å². The number of hydrogen-bond acceptors (Lipinski definition) is 2. The number of halogens is 1. The number of hydrogen-bond donors (Lipinski definition) is 0. The Hall–Kier alpha value is -1.49. The van der Waals surface area contributed by atoms with Crippen molar-refractivity contribution in [2.75, 3.05) is 19.9 Å². The van der Waals surface area contributed by atoms with Crippen molar-refractivity contribution in [2.24, 2.45) is 0 Å². The highest BCUT2D eigenvalue weighted by molar-refractivity contribution is 6.92. The van der Waals surface area contributed by atoms with Crippen molar-refractivity contribution in [1.29, 1.82) is 0 Å². The highest BCUT2D eigenvalue weighted by Crippen LogP contribution is 2.12. The fourth-order valence-electron chi connectivity index (χ4n) is 2.61. The molecule has 0 spiro atoms. The van der Waals surface area contributed by atoms with E-state index in [0.29, 0.717) is 6.61 Å². The van der Waals surface area contributed by atoms with Gasteiger partial charge in [-0.3, -0.25) is 0 Å². The first-order valence-corrected chi connectivity index (χ1v) is 10.1. The molecule has 0 heterocycles. The van der Waals surface area contributed by atoms with Crippen LogP contribution in [0.5, 0.6) is 0 Å². The molecule has 0 N–H and O–H groups in total. The summed E-state index contributed by atoms with van der Waals surface area (Å²) < 4.78 is 25.3. The van der Waals surface area contributed by atoms with Gasteiger partial charge in [0.1, 0.15) is 6.67 Å². The van der Waals surface area contributed by atoms with E-state index in [2.05, 4.69) is 6.92 Å². The van der Waals surface area contributed by atoms with Crippen LogP contribution in [-0.4, -0.2) is 28.4 Å². The van der Waals surface area contributed by atoms with Crippen LogP contribution in [-0.2, 0) is 8.85 Å². The maximum Gasteiger partial charge on any atom is 0.407 e. The van der Waals surface area contributed by atoms with Gasteiger partial charge in [0.2, 0.25) is 0 Å². The maximum absolute atomic E-state index is 12.8. The number of rotatable bonds is 10. The van der Waals surface area contributed by atoms with E-state index in [4.69, 9.17) is 8.85 Å². The third-order valence-corrected chi connectivity index (χ3v) is 7.15. The standard InChI is InChI=1S/C19H25FO2Si/c1-2-3-10-16-21-23(22-17-15-20,18-11-6-4-7-12-18)19-13-8-5-9-14-19/h4-9,11-14H,2-3,10,15-17H2,1H3. The predicted molar refractivity (Wildman–Crippen MR) is 95.3 cm³/mol. The molecule has 0 amide bonds. The molecule has 4 heteroatoms. The summed E-state index contributed by atoms with van der Waals surface area (Å²) in [7, 11) is -2.86. The van der Waals surface area contributed by atoms with E-state index in [1.54, 1.807) is 0 Å². The van der Waals surface area contributed by atoms with Gasteiger partial charge in [-0.1, -0.05) is 80.4 Å². The van der Waals surface area contributed by atoms with Crippen molar-refractivity contribution in [1.82, 2.24) is 0 Å². The van der Waals surface area contributed by atoms with Crippen LogP contribution in [0.4, 0.5) is 4.39 Å². The Kier molecular flexibility index (Phi) is 7.45. The minimum atomic E-state index is -2.86. The smallest absolute Gasteiger partial charge is 0.388 e. The Morgan fingerprint density at radius 3 is 1.78 bits per heavy atom. The summed E-state index contributed by atoms with van der Waals surface area (Å²) in [6.07, 6.45) is 3.25. The zero-order valence-corrected chi connectivity index (χ0v) is 14.7. The highest BCUT2D eigenvalue weighted by Gasteiger charge is 2.42. The molecule has 2 nitrogen and oxygen atoms in total. The quantitative estimate of drug-likeness (QED) is 0.490. The second kappa shape index (κ2) is 9.60. The SMILES string of the molecule is CCCCCO[Si](OCCF)(c1ccccc1)c1ccccc1. The molecule has 0 radical (unpaired) electrons. The normalized spacial score (nSPS) is 11.6. The zero-order chi connectivity index (χ0) is 16.4. The summed E-state index contributed by atoms with van der Waals surface area (Å²) in [4.78, 5) is 0. The van der Waals surface area contributed by atoms with Crippen LogP contribution in [0.3, 0.4) is 0 Å². The molecule has 0 saturated carbocycles. The van der Waals surface area contributed by atoms with E-state index in [-0.39, 0.29) is 6.61 Å². The molecule has 2 aromatic rings. The largest absolute Gasteiger partial charge is 0.407 e. The Balaban J connectivity index is 2.36. The van der Waals surface area contributed by atoms with Crippen LogP contribution in [0, 0.1) is 0 Å². The summed E-state index contributed by atoms with van der Waals surface area (Å²) in [6, 6.07) is 20.0. The second-order valence-corrected chi connectivity index (χ2v) is 8.41. The molecule has 0 unspecified atom stereocenters. The van der Waals surface area contributed by atoms with Crippen LogP contribution in [0.2, 0.25) is 0 Å². The first-order chi connectivity index (χ1) is 11.3. The van der Waals surface area contributed by atoms with E-state index in [9.17, 15) is 4.39 Å². The summed E-state index contributed by atoms with van der Waals surface area (Å²) >= 11 is 0. The van der Waals surface area contributed by atoms with E-state index < -0.39 is 15.2 Å². The lowest BCUT2D eigenvalue weighted by Crippen LogP contribution is -2.63. The van der Waals surface area contributed by atoms with Crippen molar-refractivity contribution in [2.45, 2.75) is 26.2 Å². The lowest BCUT2D eigenvalue weighted by atomic mass is 10.3. The van der Waals surface area contributed by atoms with Gasteiger partial charge in [-0.15, -0.1) is 0 Å². The molecule has 0 aliphatic rings. The Morgan fingerprint density at radius 1 is 0.783 bits per heavy atom. The van der Waals surface area contributed by atoms with Gasteiger partial charge in [0.15, 0.2) is 0 Å². The van der Waals surface area contributed by atoms with Crippen molar-refractivity contribution in [3.8, 4) is 0 Å². The van der Waals surface area contributed by atoms with Gasteiger partial charge in [-0.05, 0) is 16.8 Å². The predicted octanol–water partition coefficient (Wildman–Crippen LogP) is 3.44. The third-order valence-electron chi connectivity index (χ3n) is 3.74. The molecule has 0 aliphatic carbocycles. The molecule has 2 aromatic carbocycles. The summed E-state index contributed by atoms with van der Waals surface area (Å²) in [5.41, 5.74) is 0. The summed E-state index contributed by atoms with van der Waals surface area (Å²) in [5, 5.41) is 2.05. The van der Waals surface area contributed by atoms with Crippen LogP contribution in [0.25, 0.3) is 0 Å². The van der Waals surface area contributed by atoms with Crippen molar-refractivity contribution >= 4 is 18.9 Å². The van der Waals surface area contributed by atoms with E-state index in [0.717, 1.165) is 29.6 Å². The second-order valence-electron chi connectivity index (χ2n) is 5.44. The van der Waals surface area contributed by atoms with E-state index in [1.807, 2.05) is 60.7 Å². The van der Waals surface area contributed by atoms with Crippen molar-refractivity contribution in [3.63, 3.8) is 0 Å². The van der Waals surface area contributed by atoms with Crippen molar-refractivity contribution in [3.05, 3.63) is 60.7 Å². The first kappa shape index (κ1) is 17.9. The molecule has 0 fully saturated rings. The molecule has 0 bridgehead atoms. The summed E-state index contributed by atoms with van der Waals surface area (Å²) in [6.45, 7) is 2.35. The molecule has 23 heavy (non-hydrogen) atoms. The Morgan fingerprint density at radius 2 is 1.30 bits per heavy atom. The Bertz CT molecular complexity index is 508. The Labute approximate surface area is 139 Å². The van der Waals surface area contributed by atoms with Gasteiger partial charge in [-0.25, -0.2) is 4.39 Å². The topological polar surface area (TPSA) is 18.5 Å². The van der Waals surface area contributed by atoms with Crippen molar-refractivity contribution < 1.29 is 13.2 Å². The lowest BCUT2D eigenvalue weighted by Gasteiger charge is -2.31. The zero-order valence-electron chi connectivity index (χ0n) is 13.7. The van der Waals surface area contributed by atoms with Crippen LogP contribution < -0.4 is 10.4 Å². The maximum atomic E-state index is 12.8. The van der Waals surface area contributed by atoms with Gasteiger partial charge in [-0.2, -0.15) is 0 Å². The molecule has 0 saturated heterocycles. The van der Waals surface area contributed by atoms with Gasteiger partial charge in [0.25, 0.3) is 0 Å². The van der Waals surface area contributed by atoms with Crippen LogP contribution in [0.15, 0.2) is 60.7 Å². The number of benzene rings is 2. The molecular formula is C19H25FO2Si.